The molecule has 210 valence electrons. The molecule has 5 nitrogen and oxygen atoms in total. The van der Waals surface area contributed by atoms with Crippen LogP contribution in [-0.4, -0.2) is 47.7 Å². The highest BCUT2D eigenvalue weighted by atomic mass is 35.5. The standard InChI is InChI=1S/C34H40ClN3O2/c35-32-10-4-2-8-30(32)24-37-18-14-25(15-19-37)6-5-11-33(39)28-13-12-26-16-20-38(21-17-27(26)22-28)23-29-7-1-3-9-31(29)34(36)40/h1-4,7-10,12-13,22,25H,5-6,11,14-21,23-24H2,(H2,36,40). The van der Waals surface area contributed by atoms with Crippen molar-refractivity contribution in [1.82, 2.24) is 9.80 Å². The van der Waals surface area contributed by atoms with Crippen molar-refractivity contribution in [1.29, 1.82) is 0 Å². The third kappa shape index (κ3) is 7.39. The number of likely N-dealkylation sites (tertiary alicyclic amines) is 1. The van der Waals surface area contributed by atoms with Crippen molar-refractivity contribution in [3.05, 3.63) is 105 Å². The summed E-state index contributed by atoms with van der Waals surface area (Å²) in [7, 11) is 0. The third-order valence-electron chi connectivity index (χ3n) is 8.67. The molecule has 0 atom stereocenters. The summed E-state index contributed by atoms with van der Waals surface area (Å²) in [6.45, 7) is 5.64. The zero-order valence-corrected chi connectivity index (χ0v) is 24.0. The van der Waals surface area contributed by atoms with E-state index >= 15 is 0 Å². The van der Waals surface area contributed by atoms with Gasteiger partial charge >= 0.3 is 0 Å². The number of nitrogens with zero attached hydrogens (tertiary/aromatic N) is 2. The summed E-state index contributed by atoms with van der Waals surface area (Å²) in [6, 6.07) is 22.0. The fourth-order valence-electron chi connectivity index (χ4n) is 6.24. The summed E-state index contributed by atoms with van der Waals surface area (Å²) in [5, 5.41) is 0.851. The first-order chi connectivity index (χ1) is 19.5. The lowest BCUT2D eigenvalue weighted by molar-refractivity contribution is 0.0971. The van der Waals surface area contributed by atoms with Crippen LogP contribution in [0, 0.1) is 5.92 Å². The molecular formula is C34H40ClN3O2. The Balaban J connectivity index is 1.07. The molecule has 6 heteroatoms. The SMILES string of the molecule is NC(=O)c1ccccc1CN1CCc2ccc(C(=O)CCCC3CCN(Cc4ccccc4Cl)CC3)cc2CC1. The summed E-state index contributed by atoms with van der Waals surface area (Å²) >= 11 is 6.34. The van der Waals surface area contributed by atoms with Gasteiger partial charge in [-0.05, 0) is 98.0 Å². The average molecular weight is 558 g/mol. The molecule has 2 N–H and O–H groups in total. The number of halogens is 1. The van der Waals surface area contributed by atoms with Gasteiger partial charge in [0.15, 0.2) is 5.78 Å². The maximum absolute atomic E-state index is 13.1. The second-order valence-corrected chi connectivity index (χ2v) is 11.8. The van der Waals surface area contributed by atoms with Crippen LogP contribution in [0.3, 0.4) is 0 Å². The predicted molar refractivity (Wildman–Crippen MR) is 162 cm³/mol. The Kier molecular flexibility index (Phi) is 9.69. The number of nitrogens with two attached hydrogens (primary N) is 1. The number of ketones is 1. The zero-order chi connectivity index (χ0) is 27.9. The molecule has 5 rings (SSSR count). The normalized spacial score (nSPS) is 16.8. The molecule has 1 saturated heterocycles. The first kappa shape index (κ1) is 28.5. The van der Waals surface area contributed by atoms with E-state index in [2.05, 4.69) is 34.1 Å². The van der Waals surface area contributed by atoms with Gasteiger partial charge in [0.05, 0.1) is 0 Å². The highest BCUT2D eigenvalue weighted by molar-refractivity contribution is 6.31. The topological polar surface area (TPSA) is 66.6 Å². The molecule has 2 aliphatic rings. The molecule has 0 aliphatic carbocycles. The van der Waals surface area contributed by atoms with Crippen LogP contribution in [0.1, 0.15) is 75.1 Å². The summed E-state index contributed by atoms with van der Waals surface area (Å²) in [5.74, 6) is 0.583. The van der Waals surface area contributed by atoms with E-state index in [1.807, 2.05) is 36.4 Å². The number of primary amides is 1. The molecule has 1 amide bonds. The van der Waals surface area contributed by atoms with Crippen LogP contribution < -0.4 is 5.73 Å². The van der Waals surface area contributed by atoms with E-state index in [0.717, 1.165) is 74.6 Å². The molecule has 0 spiro atoms. The van der Waals surface area contributed by atoms with Crippen LogP contribution in [0.2, 0.25) is 5.02 Å². The maximum Gasteiger partial charge on any atom is 0.249 e. The highest BCUT2D eigenvalue weighted by Gasteiger charge is 2.21. The largest absolute Gasteiger partial charge is 0.366 e. The van der Waals surface area contributed by atoms with E-state index in [4.69, 9.17) is 17.3 Å². The van der Waals surface area contributed by atoms with Crippen molar-refractivity contribution in [2.75, 3.05) is 26.2 Å². The van der Waals surface area contributed by atoms with Crippen LogP contribution in [-0.2, 0) is 25.9 Å². The Labute approximate surface area is 243 Å². The van der Waals surface area contributed by atoms with Crippen molar-refractivity contribution < 1.29 is 9.59 Å². The van der Waals surface area contributed by atoms with Crippen molar-refractivity contribution >= 4 is 23.3 Å². The number of carbonyl (C=O) groups excluding carboxylic acids is 2. The number of hydrogen-bond donors (Lipinski definition) is 1. The fraction of sp³-hybridized carbons (Fsp3) is 0.412. The monoisotopic (exact) mass is 557 g/mol. The van der Waals surface area contributed by atoms with Gasteiger partial charge in [0.25, 0.3) is 0 Å². The number of carbonyl (C=O) groups is 2. The molecule has 2 heterocycles. The van der Waals surface area contributed by atoms with Crippen LogP contribution in [0.4, 0.5) is 0 Å². The van der Waals surface area contributed by atoms with Crippen LogP contribution in [0.15, 0.2) is 66.7 Å². The molecule has 0 unspecified atom stereocenters. The second kappa shape index (κ2) is 13.6. The lowest BCUT2D eigenvalue weighted by atomic mass is 9.90. The Bertz CT molecular complexity index is 1330. The number of fused-ring (bicyclic) bond motifs is 1. The van der Waals surface area contributed by atoms with Crippen LogP contribution >= 0.6 is 11.6 Å². The molecule has 3 aromatic rings. The number of amides is 1. The van der Waals surface area contributed by atoms with E-state index in [0.29, 0.717) is 24.4 Å². The van der Waals surface area contributed by atoms with Gasteiger partial charge in [0.2, 0.25) is 5.91 Å². The van der Waals surface area contributed by atoms with E-state index in [1.165, 1.54) is 29.5 Å². The first-order valence-electron chi connectivity index (χ1n) is 14.7. The Morgan fingerprint density at radius 2 is 1.45 bits per heavy atom. The Morgan fingerprint density at radius 1 is 0.800 bits per heavy atom. The second-order valence-electron chi connectivity index (χ2n) is 11.4. The zero-order valence-electron chi connectivity index (χ0n) is 23.3. The van der Waals surface area contributed by atoms with Crippen LogP contribution in [0.5, 0.6) is 0 Å². The molecule has 2 aliphatic heterocycles. The maximum atomic E-state index is 13.1. The number of hydrogen-bond acceptors (Lipinski definition) is 4. The number of rotatable bonds is 10. The van der Waals surface area contributed by atoms with Gasteiger partial charge in [-0.25, -0.2) is 0 Å². The molecular weight excluding hydrogens is 518 g/mol. The van der Waals surface area contributed by atoms with E-state index < -0.39 is 0 Å². The van der Waals surface area contributed by atoms with E-state index in [-0.39, 0.29) is 11.7 Å². The lowest BCUT2D eigenvalue weighted by Crippen LogP contribution is -2.33. The highest BCUT2D eigenvalue weighted by Crippen LogP contribution is 2.26. The number of piperidine rings is 1. The summed E-state index contributed by atoms with van der Waals surface area (Å²) < 4.78 is 0. The van der Waals surface area contributed by atoms with Gasteiger partial charge < -0.3 is 5.73 Å². The number of Topliss-reactive ketones (excluding diaryl/α,β-unsaturated/α-hetero) is 1. The molecule has 0 bridgehead atoms. The van der Waals surface area contributed by atoms with Gasteiger partial charge in [-0.2, -0.15) is 0 Å². The smallest absolute Gasteiger partial charge is 0.249 e. The molecule has 0 saturated carbocycles. The Hall–Kier alpha value is -2.99. The first-order valence-corrected chi connectivity index (χ1v) is 15.0. The molecule has 3 aromatic carbocycles. The molecule has 0 aromatic heterocycles. The van der Waals surface area contributed by atoms with Crippen molar-refractivity contribution in [3.63, 3.8) is 0 Å². The average Bonchev–Trinajstić information content (AvgIpc) is 3.17. The van der Waals surface area contributed by atoms with E-state index in [1.54, 1.807) is 6.07 Å². The molecule has 40 heavy (non-hydrogen) atoms. The Morgan fingerprint density at radius 3 is 2.20 bits per heavy atom. The minimum atomic E-state index is -0.379. The van der Waals surface area contributed by atoms with Crippen molar-refractivity contribution in [2.24, 2.45) is 11.7 Å². The summed E-state index contributed by atoms with van der Waals surface area (Å²) in [6.07, 6.45) is 6.93. The summed E-state index contributed by atoms with van der Waals surface area (Å²) in [5.41, 5.74) is 11.8. The molecule has 1 fully saturated rings. The lowest BCUT2D eigenvalue weighted by Gasteiger charge is -2.32. The van der Waals surface area contributed by atoms with Gasteiger partial charge in [-0.15, -0.1) is 0 Å². The third-order valence-corrected chi connectivity index (χ3v) is 9.04. The number of benzene rings is 3. The van der Waals surface area contributed by atoms with Gasteiger partial charge in [0.1, 0.15) is 0 Å². The van der Waals surface area contributed by atoms with E-state index in [9.17, 15) is 9.59 Å². The van der Waals surface area contributed by atoms with Gasteiger partial charge in [-0.3, -0.25) is 19.4 Å². The quantitative estimate of drug-likeness (QED) is 0.297. The fourth-order valence-corrected chi connectivity index (χ4v) is 6.43. The summed E-state index contributed by atoms with van der Waals surface area (Å²) in [4.78, 5) is 29.8. The minimum Gasteiger partial charge on any atom is -0.366 e. The molecule has 0 radical (unpaired) electrons. The van der Waals surface area contributed by atoms with Gasteiger partial charge in [-0.1, -0.05) is 60.1 Å². The van der Waals surface area contributed by atoms with Gasteiger partial charge in [0, 0.05) is 48.7 Å². The predicted octanol–water partition coefficient (Wildman–Crippen LogP) is 6.30. The van der Waals surface area contributed by atoms with Crippen molar-refractivity contribution in [2.45, 2.75) is 58.0 Å². The van der Waals surface area contributed by atoms with Crippen molar-refractivity contribution in [3.8, 4) is 0 Å². The van der Waals surface area contributed by atoms with Crippen LogP contribution in [0.25, 0.3) is 0 Å². The minimum absolute atomic E-state index is 0.260.